The van der Waals surface area contributed by atoms with Gasteiger partial charge in [-0.25, -0.2) is 0 Å². The Morgan fingerprint density at radius 1 is 1.24 bits per heavy atom. The molecular weight excluding hydrogens is 266 g/mol. The zero-order valence-corrected chi connectivity index (χ0v) is 12.7. The summed E-state index contributed by atoms with van der Waals surface area (Å²) in [6, 6.07) is 8.14. The van der Waals surface area contributed by atoms with Crippen molar-refractivity contribution in [3.63, 3.8) is 0 Å². The fourth-order valence-electron chi connectivity index (χ4n) is 2.13. The van der Waals surface area contributed by atoms with Crippen molar-refractivity contribution < 1.29 is 9.47 Å². The summed E-state index contributed by atoms with van der Waals surface area (Å²) in [5.74, 6) is 0.967. The van der Waals surface area contributed by atoms with Crippen LogP contribution in [-0.2, 0) is 17.8 Å². The highest BCUT2D eigenvalue weighted by Crippen LogP contribution is 2.23. The van der Waals surface area contributed by atoms with E-state index in [-0.39, 0.29) is 0 Å². The summed E-state index contributed by atoms with van der Waals surface area (Å²) in [6.45, 7) is 5.75. The first-order chi connectivity index (χ1) is 10.3. The van der Waals surface area contributed by atoms with Crippen LogP contribution in [0.1, 0.15) is 11.1 Å². The largest absolute Gasteiger partial charge is 0.491 e. The molecule has 0 atom stereocenters. The fraction of sp³-hybridized carbons (Fsp3) is 0.438. The monoisotopic (exact) mass is 289 g/mol. The quantitative estimate of drug-likeness (QED) is 0.717. The predicted molar refractivity (Wildman–Crippen MR) is 82.5 cm³/mol. The lowest BCUT2D eigenvalue weighted by Gasteiger charge is -2.15. The van der Waals surface area contributed by atoms with Gasteiger partial charge in [0, 0.05) is 38.2 Å². The van der Waals surface area contributed by atoms with Crippen molar-refractivity contribution in [1.82, 2.24) is 15.1 Å². The van der Waals surface area contributed by atoms with Gasteiger partial charge in [0.05, 0.1) is 13.2 Å². The molecule has 0 saturated carbocycles. The number of aryl methyl sites for hydroxylation is 1. The van der Waals surface area contributed by atoms with E-state index in [0.717, 1.165) is 30.9 Å². The molecule has 21 heavy (non-hydrogen) atoms. The molecule has 0 bridgehead atoms. The molecular formula is C16H23N3O2. The van der Waals surface area contributed by atoms with Crippen LogP contribution in [0.25, 0.3) is 0 Å². The first kappa shape index (κ1) is 15.5. The molecule has 0 unspecified atom stereocenters. The topological polar surface area (TPSA) is 48.3 Å². The molecule has 2 rings (SSSR count). The van der Waals surface area contributed by atoms with Gasteiger partial charge in [-0.3, -0.25) is 4.68 Å². The average Bonchev–Trinajstić information content (AvgIpc) is 2.99. The number of aromatic nitrogens is 2. The molecule has 0 aliphatic rings. The smallest absolute Gasteiger partial charge is 0.126 e. The maximum absolute atomic E-state index is 5.97. The summed E-state index contributed by atoms with van der Waals surface area (Å²) < 4.78 is 12.9. The third kappa shape index (κ3) is 4.88. The number of para-hydroxylation sites is 1. The minimum Gasteiger partial charge on any atom is -0.491 e. The van der Waals surface area contributed by atoms with Gasteiger partial charge in [-0.2, -0.15) is 5.10 Å². The second kappa shape index (κ2) is 8.44. The predicted octanol–water partition coefficient (Wildman–Crippen LogP) is 2.01. The Balaban J connectivity index is 1.90. The van der Waals surface area contributed by atoms with Gasteiger partial charge in [0.25, 0.3) is 0 Å². The van der Waals surface area contributed by atoms with Gasteiger partial charge in [-0.1, -0.05) is 18.2 Å². The van der Waals surface area contributed by atoms with Crippen molar-refractivity contribution in [2.75, 3.05) is 26.9 Å². The van der Waals surface area contributed by atoms with E-state index in [9.17, 15) is 0 Å². The fourth-order valence-corrected chi connectivity index (χ4v) is 2.13. The Morgan fingerprint density at radius 2 is 2.14 bits per heavy atom. The second-order valence-electron chi connectivity index (χ2n) is 4.85. The van der Waals surface area contributed by atoms with Crippen LogP contribution in [0.3, 0.4) is 0 Å². The lowest BCUT2D eigenvalue weighted by atomic mass is 10.1. The summed E-state index contributed by atoms with van der Waals surface area (Å²) in [5.41, 5.74) is 2.33. The highest BCUT2D eigenvalue weighted by molar-refractivity contribution is 5.40. The van der Waals surface area contributed by atoms with Crippen LogP contribution in [0.5, 0.6) is 5.75 Å². The van der Waals surface area contributed by atoms with E-state index in [1.165, 1.54) is 5.56 Å². The number of nitrogens with zero attached hydrogens (tertiary/aromatic N) is 2. The highest BCUT2D eigenvalue weighted by atomic mass is 16.5. The van der Waals surface area contributed by atoms with E-state index in [1.807, 2.05) is 16.9 Å². The van der Waals surface area contributed by atoms with E-state index in [0.29, 0.717) is 13.2 Å². The molecule has 1 heterocycles. The molecule has 1 aromatic carbocycles. The van der Waals surface area contributed by atoms with Crippen molar-refractivity contribution in [2.24, 2.45) is 0 Å². The van der Waals surface area contributed by atoms with Crippen molar-refractivity contribution in [1.29, 1.82) is 0 Å². The molecule has 0 saturated heterocycles. The highest BCUT2D eigenvalue weighted by Gasteiger charge is 2.06. The molecule has 0 radical (unpaired) electrons. The van der Waals surface area contributed by atoms with Crippen LogP contribution >= 0.6 is 0 Å². The second-order valence-corrected chi connectivity index (χ2v) is 4.85. The van der Waals surface area contributed by atoms with Crippen LogP contribution < -0.4 is 10.1 Å². The average molecular weight is 289 g/mol. The first-order valence-electron chi connectivity index (χ1n) is 7.19. The Hall–Kier alpha value is -1.85. The standard InChI is InChI=1S/C16H23N3O2/c1-14-5-3-6-15(13-17-8-11-20-2)16(14)21-12-10-19-9-4-7-18-19/h3-7,9,17H,8,10-13H2,1-2H3. The third-order valence-corrected chi connectivity index (χ3v) is 3.22. The van der Waals surface area contributed by atoms with Gasteiger partial charge in [-0.05, 0) is 18.6 Å². The van der Waals surface area contributed by atoms with E-state index in [2.05, 4.69) is 35.5 Å². The van der Waals surface area contributed by atoms with Crippen molar-refractivity contribution >= 4 is 0 Å². The third-order valence-electron chi connectivity index (χ3n) is 3.22. The maximum Gasteiger partial charge on any atom is 0.126 e. The maximum atomic E-state index is 5.97. The zero-order chi connectivity index (χ0) is 14.9. The van der Waals surface area contributed by atoms with E-state index >= 15 is 0 Å². The lowest BCUT2D eigenvalue weighted by molar-refractivity contribution is 0.199. The summed E-state index contributed by atoms with van der Waals surface area (Å²) in [7, 11) is 1.71. The van der Waals surface area contributed by atoms with E-state index in [1.54, 1.807) is 13.3 Å². The van der Waals surface area contributed by atoms with Crippen molar-refractivity contribution in [3.8, 4) is 5.75 Å². The van der Waals surface area contributed by atoms with Crippen molar-refractivity contribution in [2.45, 2.75) is 20.0 Å². The molecule has 0 amide bonds. The van der Waals surface area contributed by atoms with Gasteiger partial charge in [0.2, 0.25) is 0 Å². The molecule has 1 N–H and O–H groups in total. The minimum atomic E-state index is 0.609. The molecule has 0 aliphatic heterocycles. The van der Waals surface area contributed by atoms with Gasteiger partial charge in [-0.15, -0.1) is 0 Å². The number of ether oxygens (including phenoxy) is 2. The number of nitrogens with one attached hydrogen (secondary N) is 1. The van der Waals surface area contributed by atoms with Gasteiger partial charge < -0.3 is 14.8 Å². The first-order valence-corrected chi connectivity index (χ1v) is 7.19. The molecule has 1 aromatic heterocycles. The summed E-state index contributed by atoms with van der Waals surface area (Å²) in [5, 5.41) is 7.52. The van der Waals surface area contributed by atoms with Crippen LogP contribution in [0.2, 0.25) is 0 Å². The molecule has 0 spiro atoms. The number of benzene rings is 1. The number of rotatable bonds is 9. The Labute approximate surface area is 125 Å². The molecule has 0 fully saturated rings. The summed E-state index contributed by atoms with van der Waals surface area (Å²) in [4.78, 5) is 0. The van der Waals surface area contributed by atoms with Crippen LogP contribution in [-0.4, -0.2) is 36.6 Å². The summed E-state index contributed by atoms with van der Waals surface area (Å²) in [6.07, 6.45) is 3.72. The Morgan fingerprint density at radius 3 is 2.90 bits per heavy atom. The minimum absolute atomic E-state index is 0.609. The van der Waals surface area contributed by atoms with Gasteiger partial charge in [0.15, 0.2) is 0 Å². The van der Waals surface area contributed by atoms with Crippen LogP contribution in [0, 0.1) is 6.92 Å². The van der Waals surface area contributed by atoms with Crippen molar-refractivity contribution in [3.05, 3.63) is 47.8 Å². The van der Waals surface area contributed by atoms with E-state index < -0.39 is 0 Å². The van der Waals surface area contributed by atoms with Crippen LogP contribution in [0.4, 0.5) is 0 Å². The molecule has 5 nitrogen and oxygen atoms in total. The van der Waals surface area contributed by atoms with Gasteiger partial charge in [0.1, 0.15) is 12.4 Å². The van der Waals surface area contributed by atoms with Gasteiger partial charge >= 0.3 is 0 Å². The Bertz CT molecular complexity index is 526. The SMILES string of the molecule is COCCNCc1cccc(C)c1OCCn1cccn1. The number of hydrogen-bond donors (Lipinski definition) is 1. The van der Waals surface area contributed by atoms with E-state index in [4.69, 9.17) is 9.47 Å². The zero-order valence-electron chi connectivity index (χ0n) is 12.7. The number of hydrogen-bond acceptors (Lipinski definition) is 4. The number of methoxy groups -OCH3 is 1. The summed E-state index contributed by atoms with van der Waals surface area (Å²) >= 11 is 0. The molecule has 5 heteroatoms. The Kier molecular flexibility index (Phi) is 6.24. The lowest BCUT2D eigenvalue weighted by Crippen LogP contribution is -2.19. The van der Waals surface area contributed by atoms with Crippen LogP contribution in [0.15, 0.2) is 36.7 Å². The molecule has 114 valence electrons. The normalized spacial score (nSPS) is 10.8. The molecule has 2 aromatic rings. The molecule has 0 aliphatic carbocycles.